The van der Waals surface area contributed by atoms with Crippen LogP contribution in [-0.4, -0.2) is 15.7 Å². The van der Waals surface area contributed by atoms with Crippen LogP contribution < -0.4 is 5.32 Å². The van der Waals surface area contributed by atoms with Crippen molar-refractivity contribution < 1.29 is 9.21 Å². The Balaban J connectivity index is 1.63. The summed E-state index contributed by atoms with van der Waals surface area (Å²) in [6.45, 7) is 4.11. The third kappa shape index (κ3) is 4.07. The molecule has 2 heterocycles. The first-order valence-electron chi connectivity index (χ1n) is 8.13. The maximum absolute atomic E-state index is 11.9. The number of hydrogen-bond donors (Lipinski definition) is 1. The van der Waals surface area contributed by atoms with Gasteiger partial charge in [-0.1, -0.05) is 12.1 Å². The van der Waals surface area contributed by atoms with Crippen molar-refractivity contribution in [3.63, 3.8) is 0 Å². The van der Waals surface area contributed by atoms with E-state index in [-0.39, 0.29) is 5.91 Å². The molecule has 5 nitrogen and oxygen atoms in total. The number of carbonyl (C=O) groups excluding carboxylic acids is 1. The predicted octanol–water partition coefficient (Wildman–Crippen LogP) is 3.87. The van der Waals surface area contributed by atoms with Crippen LogP contribution in [0.2, 0.25) is 0 Å². The fourth-order valence-electron chi connectivity index (χ4n) is 2.71. The molecule has 1 amide bonds. The molecule has 0 aliphatic rings. The van der Waals surface area contributed by atoms with Crippen molar-refractivity contribution in [3.05, 3.63) is 77.0 Å². The van der Waals surface area contributed by atoms with E-state index < -0.39 is 0 Å². The van der Waals surface area contributed by atoms with Crippen LogP contribution in [-0.2, 0) is 18.3 Å². The smallest absolute Gasteiger partial charge is 0.248 e. The summed E-state index contributed by atoms with van der Waals surface area (Å²) in [5.74, 6) is 0.454. The van der Waals surface area contributed by atoms with Crippen molar-refractivity contribution in [2.45, 2.75) is 20.3 Å². The van der Waals surface area contributed by atoms with Gasteiger partial charge in [0, 0.05) is 36.5 Å². The van der Waals surface area contributed by atoms with Crippen LogP contribution in [0.15, 0.2) is 53.2 Å². The Morgan fingerprint density at radius 3 is 2.60 bits per heavy atom. The van der Waals surface area contributed by atoms with Gasteiger partial charge in [0.05, 0.1) is 12.0 Å². The van der Waals surface area contributed by atoms with E-state index in [9.17, 15) is 4.79 Å². The first-order valence-corrected chi connectivity index (χ1v) is 8.13. The van der Waals surface area contributed by atoms with E-state index in [1.54, 1.807) is 24.5 Å². The molecule has 5 heteroatoms. The van der Waals surface area contributed by atoms with Gasteiger partial charge in [-0.2, -0.15) is 5.10 Å². The van der Waals surface area contributed by atoms with Crippen LogP contribution in [0.3, 0.4) is 0 Å². The van der Waals surface area contributed by atoms with Gasteiger partial charge in [-0.25, -0.2) is 0 Å². The molecule has 0 aliphatic carbocycles. The Morgan fingerprint density at radius 2 is 2.00 bits per heavy atom. The van der Waals surface area contributed by atoms with Gasteiger partial charge in [0.15, 0.2) is 0 Å². The van der Waals surface area contributed by atoms with Gasteiger partial charge in [-0.05, 0) is 49.8 Å². The summed E-state index contributed by atoms with van der Waals surface area (Å²) < 4.78 is 7.06. The molecule has 0 saturated heterocycles. The fourth-order valence-corrected chi connectivity index (χ4v) is 2.71. The third-order valence-electron chi connectivity index (χ3n) is 4.20. The van der Waals surface area contributed by atoms with Crippen molar-refractivity contribution in [3.8, 4) is 0 Å². The number of amides is 1. The fraction of sp³-hybridized carbons (Fsp3) is 0.200. The summed E-state index contributed by atoms with van der Waals surface area (Å²) in [6.07, 6.45) is 5.49. The van der Waals surface area contributed by atoms with Gasteiger partial charge in [0.2, 0.25) is 5.91 Å². The van der Waals surface area contributed by atoms with Gasteiger partial charge in [0.25, 0.3) is 0 Å². The topological polar surface area (TPSA) is 60.1 Å². The molecule has 1 aromatic carbocycles. The standard InChI is InChI=1S/C20H21N3O2/c1-14-19(15(2)23(3)22-14)13-16-6-8-17(9-7-16)21-20(24)11-10-18-5-4-12-25-18/h4-12H,13H2,1-3H3,(H,21,24)/b11-10+. The summed E-state index contributed by atoms with van der Waals surface area (Å²) in [4.78, 5) is 11.9. The highest BCUT2D eigenvalue weighted by molar-refractivity contribution is 6.01. The molecule has 128 valence electrons. The number of aromatic nitrogens is 2. The van der Waals surface area contributed by atoms with E-state index in [0.29, 0.717) is 5.76 Å². The van der Waals surface area contributed by atoms with Crippen LogP contribution >= 0.6 is 0 Å². The second-order valence-electron chi connectivity index (χ2n) is 5.98. The maximum atomic E-state index is 11.9. The van der Waals surface area contributed by atoms with Gasteiger partial charge in [-0.3, -0.25) is 9.48 Å². The molecule has 0 saturated carbocycles. The van der Waals surface area contributed by atoms with Crippen LogP contribution in [0.1, 0.15) is 28.3 Å². The van der Waals surface area contributed by atoms with Crippen molar-refractivity contribution in [1.29, 1.82) is 0 Å². The normalized spacial score (nSPS) is 11.2. The molecule has 0 unspecified atom stereocenters. The molecule has 0 bridgehead atoms. The number of aryl methyl sites for hydroxylation is 2. The molecule has 1 N–H and O–H groups in total. The Morgan fingerprint density at radius 1 is 1.24 bits per heavy atom. The Kier molecular flexibility index (Phi) is 4.84. The van der Waals surface area contributed by atoms with E-state index >= 15 is 0 Å². The molecule has 3 aromatic rings. The SMILES string of the molecule is Cc1nn(C)c(C)c1Cc1ccc(NC(=O)/C=C/c2ccco2)cc1. The van der Waals surface area contributed by atoms with E-state index in [4.69, 9.17) is 4.42 Å². The third-order valence-corrected chi connectivity index (χ3v) is 4.20. The van der Waals surface area contributed by atoms with Crippen LogP contribution in [0.4, 0.5) is 5.69 Å². The number of nitrogens with zero attached hydrogens (tertiary/aromatic N) is 2. The maximum Gasteiger partial charge on any atom is 0.248 e. The average Bonchev–Trinajstić information content (AvgIpc) is 3.19. The molecule has 0 atom stereocenters. The monoisotopic (exact) mass is 335 g/mol. The molecule has 0 radical (unpaired) electrons. The molecule has 2 aromatic heterocycles. The zero-order valence-corrected chi connectivity index (χ0v) is 14.6. The molecule has 25 heavy (non-hydrogen) atoms. The molecule has 3 rings (SSSR count). The van der Waals surface area contributed by atoms with Gasteiger partial charge in [0.1, 0.15) is 5.76 Å². The predicted molar refractivity (Wildman–Crippen MR) is 98.3 cm³/mol. The van der Waals surface area contributed by atoms with Crippen molar-refractivity contribution in [1.82, 2.24) is 9.78 Å². The first kappa shape index (κ1) is 16.8. The molecular formula is C20H21N3O2. The average molecular weight is 335 g/mol. The summed E-state index contributed by atoms with van der Waals surface area (Å²) in [7, 11) is 1.96. The first-order chi connectivity index (χ1) is 12.0. The van der Waals surface area contributed by atoms with Gasteiger partial charge in [-0.15, -0.1) is 0 Å². The lowest BCUT2D eigenvalue weighted by Crippen LogP contribution is -2.07. The van der Waals surface area contributed by atoms with Crippen molar-refractivity contribution in [2.75, 3.05) is 5.32 Å². The van der Waals surface area contributed by atoms with Crippen LogP contribution in [0.5, 0.6) is 0 Å². The minimum atomic E-state index is -0.192. The number of anilines is 1. The van der Waals surface area contributed by atoms with Gasteiger partial charge >= 0.3 is 0 Å². The molecule has 0 spiro atoms. The largest absolute Gasteiger partial charge is 0.465 e. The second kappa shape index (κ2) is 7.21. The van der Waals surface area contributed by atoms with E-state index in [2.05, 4.69) is 17.3 Å². The van der Waals surface area contributed by atoms with Crippen molar-refractivity contribution in [2.24, 2.45) is 7.05 Å². The van der Waals surface area contributed by atoms with Crippen LogP contribution in [0, 0.1) is 13.8 Å². The Labute approximate surface area is 147 Å². The summed E-state index contributed by atoms with van der Waals surface area (Å²) in [6, 6.07) is 11.4. The summed E-state index contributed by atoms with van der Waals surface area (Å²) in [5.41, 5.74) is 5.43. The highest BCUT2D eigenvalue weighted by Crippen LogP contribution is 2.18. The van der Waals surface area contributed by atoms with E-state index in [1.807, 2.05) is 42.9 Å². The second-order valence-corrected chi connectivity index (χ2v) is 5.98. The zero-order valence-electron chi connectivity index (χ0n) is 14.6. The number of benzene rings is 1. The molecule has 0 fully saturated rings. The zero-order chi connectivity index (χ0) is 17.8. The number of hydrogen-bond acceptors (Lipinski definition) is 3. The number of furan rings is 1. The minimum absolute atomic E-state index is 0.192. The summed E-state index contributed by atoms with van der Waals surface area (Å²) >= 11 is 0. The summed E-state index contributed by atoms with van der Waals surface area (Å²) in [5, 5.41) is 7.29. The number of carbonyl (C=O) groups is 1. The Bertz CT molecular complexity index is 888. The van der Waals surface area contributed by atoms with Crippen LogP contribution in [0.25, 0.3) is 6.08 Å². The lowest BCUT2D eigenvalue weighted by molar-refractivity contribution is -0.111. The highest BCUT2D eigenvalue weighted by atomic mass is 16.3. The van der Waals surface area contributed by atoms with Gasteiger partial charge < -0.3 is 9.73 Å². The lowest BCUT2D eigenvalue weighted by Gasteiger charge is -2.06. The van der Waals surface area contributed by atoms with E-state index in [0.717, 1.165) is 17.8 Å². The van der Waals surface area contributed by atoms with Crippen molar-refractivity contribution >= 4 is 17.7 Å². The molecular weight excluding hydrogens is 314 g/mol. The number of rotatable bonds is 5. The molecule has 0 aliphatic heterocycles. The minimum Gasteiger partial charge on any atom is -0.465 e. The lowest BCUT2D eigenvalue weighted by atomic mass is 10.0. The highest BCUT2D eigenvalue weighted by Gasteiger charge is 2.10. The van der Waals surface area contributed by atoms with E-state index in [1.165, 1.54) is 22.9 Å². The number of nitrogens with one attached hydrogen (secondary N) is 1. The quantitative estimate of drug-likeness (QED) is 0.720. The Hall–Kier alpha value is -3.08.